The van der Waals surface area contributed by atoms with Gasteiger partial charge in [0.05, 0.1) is 10.6 Å². The van der Waals surface area contributed by atoms with Crippen LogP contribution in [0.3, 0.4) is 0 Å². The molecule has 1 atom stereocenters. The van der Waals surface area contributed by atoms with E-state index in [1.54, 1.807) is 12.3 Å². The minimum absolute atomic E-state index is 0.0889. The molecule has 0 spiro atoms. The van der Waals surface area contributed by atoms with Crippen LogP contribution in [0.15, 0.2) is 59.6 Å². The average Bonchev–Trinajstić information content (AvgIpc) is 3.36. The molecule has 29 heavy (non-hydrogen) atoms. The maximum absolute atomic E-state index is 14.0. The van der Waals surface area contributed by atoms with Crippen LogP contribution in [0.1, 0.15) is 16.7 Å². The third kappa shape index (κ3) is 3.22. The van der Waals surface area contributed by atoms with Crippen LogP contribution in [-0.2, 0) is 24.1 Å². The first-order chi connectivity index (χ1) is 14.1. The van der Waals surface area contributed by atoms with Gasteiger partial charge in [0.2, 0.25) is 5.91 Å². The lowest BCUT2D eigenvalue weighted by molar-refractivity contribution is -0.122. The van der Waals surface area contributed by atoms with Gasteiger partial charge in [-0.25, -0.2) is 4.39 Å². The largest absolute Gasteiger partial charge is 0.312 e. The van der Waals surface area contributed by atoms with E-state index in [1.807, 2.05) is 23.1 Å². The third-order valence-corrected chi connectivity index (χ3v) is 6.44. The normalized spacial score (nSPS) is 17.3. The van der Waals surface area contributed by atoms with Crippen LogP contribution >= 0.6 is 11.9 Å². The topological polar surface area (TPSA) is 59.2 Å². The highest BCUT2D eigenvalue weighted by atomic mass is 32.2. The van der Waals surface area contributed by atoms with Gasteiger partial charge in [0, 0.05) is 29.9 Å². The van der Waals surface area contributed by atoms with Crippen molar-refractivity contribution >= 4 is 23.5 Å². The Labute approximate surface area is 173 Å². The molecule has 5 rings (SSSR count). The van der Waals surface area contributed by atoms with Crippen LogP contribution in [0.4, 0.5) is 10.1 Å². The van der Waals surface area contributed by atoms with Gasteiger partial charge in [-0.15, -0.1) is 0 Å². The number of carbonyl (C=O) groups is 1. The maximum atomic E-state index is 14.0. The second-order valence-corrected chi connectivity index (χ2v) is 8.25. The van der Waals surface area contributed by atoms with Gasteiger partial charge in [-0.05, 0) is 78.2 Å². The van der Waals surface area contributed by atoms with Crippen molar-refractivity contribution in [1.82, 2.24) is 4.98 Å². The van der Waals surface area contributed by atoms with E-state index in [4.69, 9.17) is 5.14 Å². The number of nitrogens with two attached hydrogens (primary N) is 1. The lowest BCUT2D eigenvalue weighted by Gasteiger charge is -2.21. The molecule has 0 saturated carbocycles. The van der Waals surface area contributed by atoms with Crippen molar-refractivity contribution in [3.05, 3.63) is 77.2 Å². The van der Waals surface area contributed by atoms with E-state index in [-0.39, 0.29) is 17.6 Å². The van der Waals surface area contributed by atoms with Gasteiger partial charge in [0.15, 0.2) is 0 Å². The average molecular weight is 405 g/mol. The van der Waals surface area contributed by atoms with Gasteiger partial charge >= 0.3 is 0 Å². The van der Waals surface area contributed by atoms with Crippen molar-refractivity contribution in [3.63, 3.8) is 0 Å². The fourth-order valence-corrected chi connectivity index (χ4v) is 4.76. The molecular weight excluding hydrogens is 385 g/mol. The first-order valence-electron chi connectivity index (χ1n) is 9.68. The Morgan fingerprint density at radius 2 is 1.97 bits per heavy atom. The molecule has 2 aliphatic rings. The molecule has 3 aromatic rings. The van der Waals surface area contributed by atoms with Gasteiger partial charge in [-0.3, -0.25) is 14.9 Å². The highest BCUT2D eigenvalue weighted by molar-refractivity contribution is 7.97. The molecule has 2 heterocycles. The molecule has 1 aliphatic carbocycles. The Morgan fingerprint density at radius 3 is 2.76 bits per heavy atom. The molecule has 0 saturated heterocycles. The number of rotatable bonds is 3. The SMILES string of the molecule is NSc1cc2c(cc1F)CCN2C(=O)C1Cc2ccc(-c3ccccn3)cc2C1. The number of benzene rings is 2. The maximum Gasteiger partial charge on any atom is 0.230 e. The zero-order chi connectivity index (χ0) is 20.0. The quantitative estimate of drug-likeness (QED) is 0.665. The Bertz CT molecular complexity index is 1100. The molecule has 1 aromatic heterocycles. The van der Waals surface area contributed by atoms with E-state index in [1.165, 1.54) is 17.2 Å². The summed E-state index contributed by atoms with van der Waals surface area (Å²) in [5.41, 5.74) is 6.12. The second-order valence-electron chi connectivity index (χ2n) is 7.57. The van der Waals surface area contributed by atoms with Crippen molar-refractivity contribution in [3.8, 4) is 11.3 Å². The lowest BCUT2D eigenvalue weighted by atomic mass is 10.0. The molecule has 4 nitrogen and oxygen atoms in total. The first-order valence-corrected chi connectivity index (χ1v) is 10.6. The number of carbonyl (C=O) groups excluding carboxylic acids is 1. The number of halogens is 1. The summed E-state index contributed by atoms with van der Waals surface area (Å²) in [4.78, 5) is 19.9. The van der Waals surface area contributed by atoms with E-state index in [2.05, 4.69) is 23.2 Å². The fraction of sp³-hybridized carbons (Fsp3) is 0.217. The van der Waals surface area contributed by atoms with Crippen LogP contribution in [0.2, 0.25) is 0 Å². The summed E-state index contributed by atoms with van der Waals surface area (Å²) in [5.74, 6) is -0.297. The fourth-order valence-electron chi connectivity index (χ4n) is 4.41. The molecule has 1 aliphatic heterocycles. The minimum Gasteiger partial charge on any atom is -0.312 e. The number of pyridine rings is 1. The Hall–Kier alpha value is -2.70. The molecule has 6 heteroatoms. The lowest BCUT2D eigenvalue weighted by Crippen LogP contribution is -2.35. The zero-order valence-corrected chi connectivity index (χ0v) is 16.6. The van der Waals surface area contributed by atoms with Crippen molar-refractivity contribution in [1.29, 1.82) is 0 Å². The van der Waals surface area contributed by atoms with Crippen LogP contribution in [0.5, 0.6) is 0 Å². The smallest absolute Gasteiger partial charge is 0.230 e. The summed E-state index contributed by atoms with van der Waals surface area (Å²) in [5, 5.41) is 5.58. The van der Waals surface area contributed by atoms with Crippen molar-refractivity contribution in [2.75, 3.05) is 11.4 Å². The van der Waals surface area contributed by atoms with Crippen molar-refractivity contribution in [2.45, 2.75) is 24.2 Å². The van der Waals surface area contributed by atoms with Crippen LogP contribution < -0.4 is 10.0 Å². The summed E-state index contributed by atoms with van der Waals surface area (Å²) in [7, 11) is 0. The molecule has 146 valence electrons. The summed E-state index contributed by atoms with van der Waals surface area (Å²) in [6, 6.07) is 15.4. The van der Waals surface area contributed by atoms with Crippen molar-refractivity contribution in [2.24, 2.45) is 11.1 Å². The van der Waals surface area contributed by atoms with E-state index in [0.717, 1.165) is 47.3 Å². The van der Waals surface area contributed by atoms with Gasteiger partial charge < -0.3 is 4.90 Å². The Kier molecular flexibility index (Phi) is 4.60. The number of hydrogen-bond donors (Lipinski definition) is 1. The molecule has 1 amide bonds. The number of aromatic nitrogens is 1. The standard InChI is InChI=1S/C23H20FN3OS/c24-19-12-16-6-8-27(21(16)13-22(19)29-25)23(28)18-9-14-4-5-15(10-17(14)11-18)20-3-1-2-7-26-20/h1-5,7,10,12-13,18H,6,8-9,11,25H2. The van der Waals surface area contributed by atoms with Gasteiger partial charge in [0.25, 0.3) is 0 Å². The monoisotopic (exact) mass is 405 g/mol. The zero-order valence-electron chi connectivity index (χ0n) is 15.8. The van der Waals surface area contributed by atoms with Crippen LogP contribution in [0.25, 0.3) is 11.3 Å². The summed E-state index contributed by atoms with van der Waals surface area (Å²) >= 11 is 0.878. The number of fused-ring (bicyclic) bond motifs is 2. The van der Waals surface area contributed by atoms with E-state index < -0.39 is 0 Å². The molecule has 2 N–H and O–H groups in total. The van der Waals surface area contributed by atoms with Crippen LogP contribution in [-0.4, -0.2) is 17.4 Å². The Balaban J connectivity index is 1.39. The van der Waals surface area contributed by atoms with Gasteiger partial charge in [-0.2, -0.15) is 0 Å². The summed E-state index contributed by atoms with van der Waals surface area (Å²) < 4.78 is 14.0. The highest BCUT2D eigenvalue weighted by Crippen LogP contribution is 2.37. The van der Waals surface area contributed by atoms with E-state index in [0.29, 0.717) is 17.9 Å². The molecule has 2 aromatic carbocycles. The van der Waals surface area contributed by atoms with E-state index in [9.17, 15) is 9.18 Å². The predicted octanol–water partition coefficient (Wildman–Crippen LogP) is 4.16. The van der Waals surface area contributed by atoms with Crippen molar-refractivity contribution < 1.29 is 9.18 Å². The molecular formula is C23H20FN3OS. The summed E-state index contributed by atoms with van der Waals surface area (Å²) in [6.07, 6.45) is 3.93. The second kappa shape index (κ2) is 7.28. The van der Waals surface area contributed by atoms with Gasteiger partial charge in [-0.1, -0.05) is 18.2 Å². The third-order valence-electron chi connectivity index (χ3n) is 5.87. The molecule has 0 bridgehead atoms. The Morgan fingerprint density at radius 1 is 1.10 bits per heavy atom. The van der Waals surface area contributed by atoms with Gasteiger partial charge in [0.1, 0.15) is 5.82 Å². The number of anilines is 1. The molecule has 0 radical (unpaired) electrons. The van der Waals surface area contributed by atoms with E-state index >= 15 is 0 Å². The predicted molar refractivity (Wildman–Crippen MR) is 113 cm³/mol. The number of nitrogens with zero attached hydrogens (tertiary/aromatic N) is 2. The summed E-state index contributed by atoms with van der Waals surface area (Å²) in [6.45, 7) is 0.596. The van der Waals surface area contributed by atoms with Crippen LogP contribution in [0, 0.1) is 11.7 Å². The number of amides is 1. The molecule has 1 unspecified atom stereocenters. The highest BCUT2D eigenvalue weighted by Gasteiger charge is 2.34. The minimum atomic E-state index is -0.319. The molecule has 0 fully saturated rings. The number of hydrogen-bond acceptors (Lipinski definition) is 4. The first kappa shape index (κ1) is 18.3.